The third-order valence-corrected chi connectivity index (χ3v) is 3.40. The van der Waals surface area contributed by atoms with Crippen LogP contribution < -0.4 is 5.32 Å². The van der Waals surface area contributed by atoms with E-state index in [1.807, 2.05) is 0 Å². The zero-order valence-corrected chi connectivity index (χ0v) is 13.9. The van der Waals surface area contributed by atoms with E-state index in [9.17, 15) is 14.4 Å². The lowest BCUT2D eigenvalue weighted by atomic mass is 9.95. The van der Waals surface area contributed by atoms with Crippen LogP contribution in [0.1, 0.15) is 47.5 Å². The second-order valence-electron chi connectivity index (χ2n) is 6.90. The minimum atomic E-state index is -1.16. The number of hydrogen-bond acceptors (Lipinski definition) is 4. The third-order valence-electron chi connectivity index (χ3n) is 3.40. The van der Waals surface area contributed by atoms with Gasteiger partial charge in [-0.3, -0.25) is 14.5 Å². The molecule has 1 fully saturated rings. The minimum Gasteiger partial charge on any atom is -0.481 e. The monoisotopic (exact) mass is 314 g/mol. The first-order valence-electron chi connectivity index (χ1n) is 7.55. The fraction of sp³-hybridized carbons (Fsp3) is 0.800. The van der Waals surface area contributed by atoms with Gasteiger partial charge in [-0.25, -0.2) is 4.79 Å². The standard InChI is InChI=1S/C15H26N2O5/c1-9(2)11(13(19)20)12(18)16-10-7-6-8-17(10)14(21)22-15(3,4)5/h9-11H,6-8H2,1-5H3,(H,16,18)(H,19,20)/t10-,11+/m0/s1. The second-order valence-corrected chi connectivity index (χ2v) is 6.90. The Morgan fingerprint density at radius 2 is 1.86 bits per heavy atom. The van der Waals surface area contributed by atoms with Crippen LogP contribution in [-0.2, 0) is 14.3 Å². The van der Waals surface area contributed by atoms with Crippen molar-refractivity contribution in [2.24, 2.45) is 11.8 Å². The van der Waals surface area contributed by atoms with E-state index in [1.54, 1.807) is 34.6 Å². The minimum absolute atomic E-state index is 0.325. The van der Waals surface area contributed by atoms with Gasteiger partial charge < -0.3 is 15.2 Å². The van der Waals surface area contributed by atoms with Crippen LogP contribution in [0.25, 0.3) is 0 Å². The summed E-state index contributed by atoms with van der Waals surface area (Å²) in [7, 11) is 0. The fourth-order valence-electron chi connectivity index (χ4n) is 2.41. The Balaban J connectivity index is 2.73. The Morgan fingerprint density at radius 3 is 2.32 bits per heavy atom. The number of likely N-dealkylation sites (tertiary alicyclic amines) is 1. The molecule has 7 heteroatoms. The molecule has 1 aliphatic heterocycles. The highest BCUT2D eigenvalue weighted by atomic mass is 16.6. The van der Waals surface area contributed by atoms with Crippen molar-refractivity contribution >= 4 is 18.0 Å². The number of carboxylic acid groups (broad SMARTS) is 1. The van der Waals surface area contributed by atoms with Gasteiger partial charge in [0.15, 0.2) is 0 Å². The van der Waals surface area contributed by atoms with Crippen LogP contribution >= 0.6 is 0 Å². The lowest BCUT2D eigenvalue weighted by molar-refractivity contribution is -0.149. The maximum Gasteiger partial charge on any atom is 0.411 e. The molecule has 0 radical (unpaired) electrons. The van der Waals surface area contributed by atoms with E-state index < -0.39 is 35.7 Å². The molecule has 126 valence electrons. The van der Waals surface area contributed by atoms with Crippen molar-refractivity contribution in [3.05, 3.63) is 0 Å². The molecule has 0 spiro atoms. The van der Waals surface area contributed by atoms with Crippen LogP contribution in [0.4, 0.5) is 4.79 Å². The van der Waals surface area contributed by atoms with Crippen molar-refractivity contribution in [3.63, 3.8) is 0 Å². The summed E-state index contributed by atoms with van der Waals surface area (Å²) in [4.78, 5) is 36.9. The highest BCUT2D eigenvalue weighted by Crippen LogP contribution is 2.20. The topological polar surface area (TPSA) is 95.9 Å². The van der Waals surface area contributed by atoms with Gasteiger partial charge in [-0.2, -0.15) is 0 Å². The van der Waals surface area contributed by atoms with E-state index in [0.29, 0.717) is 13.0 Å². The molecule has 0 aliphatic carbocycles. The van der Waals surface area contributed by atoms with Crippen LogP contribution in [0.5, 0.6) is 0 Å². The number of nitrogens with zero attached hydrogens (tertiary/aromatic N) is 1. The zero-order valence-electron chi connectivity index (χ0n) is 13.9. The number of carbonyl (C=O) groups excluding carboxylic acids is 2. The van der Waals surface area contributed by atoms with Gasteiger partial charge >= 0.3 is 12.1 Å². The lowest BCUT2D eigenvalue weighted by Crippen LogP contribution is -2.51. The Labute approximate surface area is 131 Å². The Hall–Kier alpha value is -1.79. The molecule has 7 nitrogen and oxygen atoms in total. The van der Waals surface area contributed by atoms with Crippen LogP contribution in [0.15, 0.2) is 0 Å². The number of amides is 2. The van der Waals surface area contributed by atoms with Gasteiger partial charge in [0.05, 0.1) is 0 Å². The summed E-state index contributed by atoms with van der Waals surface area (Å²) in [6.07, 6.45) is 0.327. The second kappa shape index (κ2) is 6.98. The molecule has 2 amide bonds. The van der Waals surface area contributed by atoms with Crippen molar-refractivity contribution in [1.82, 2.24) is 10.2 Å². The van der Waals surface area contributed by atoms with Gasteiger partial charge in [-0.15, -0.1) is 0 Å². The van der Waals surface area contributed by atoms with Crippen LogP contribution in [0.2, 0.25) is 0 Å². The van der Waals surface area contributed by atoms with E-state index in [4.69, 9.17) is 9.84 Å². The largest absolute Gasteiger partial charge is 0.481 e. The highest BCUT2D eigenvalue weighted by Gasteiger charge is 2.36. The van der Waals surface area contributed by atoms with E-state index in [2.05, 4.69) is 5.32 Å². The highest BCUT2D eigenvalue weighted by molar-refractivity contribution is 5.97. The van der Waals surface area contributed by atoms with Crippen LogP contribution in [0.3, 0.4) is 0 Å². The molecule has 1 rings (SSSR count). The van der Waals surface area contributed by atoms with Gasteiger partial charge in [0, 0.05) is 6.54 Å². The van der Waals surface area contributed by atoms with Gasteiger partial charge in [0.1, 0.15) is 17.7 Å². The summed E-state index contributed by atoms with van der Waals surface area (Å²) in [5.41, 5.74) is -0.615. The molecule has 1 saturated heterocycles. The molecular weight excluding hydrogens is 288 g/mol. The van der Waals surface area contributed by atoms with Gasteiger partial charge in [0.25, 0.3) is 0 Å². The van der Waals surface area contributed by atoms with Crippen LogP contribution in [-0.4, -0.2) is 46.3 Å². The van der Waals surface area contributed by atoms with E-state index in [-0.39, 0.29) is 5.92 Å². The summed E-state index contributed by atoms with van der Waals surface area (Å²) in [6.45, 7) is 9.16. The number of hydrogen-bond donors (Lipinski definition) is 2. The quantitative estimate of drug-likeness (QED) is 0.772. The van der Waals surface area contributed by atoms with E-state index in [0.717, 1.165) is 6.42 Å². The maximum atomic E-state index is 12.2. The van der Waals surface area contributed by atoms with E-state index in [1.165, 1.54) is 4.90 Å². The Bertz CT molecular complexity index is 442. The maximum absolute atomic E-state index is 12.2. The summed E-state index contributed by atoms with van der Waals surface area (Å²) < 4.78 is 5.31. The van der Waals surface area contributed by atoms with Crippen molar-refractivity contribution < 1.29 is 24.2 Å². The number of aliphatic carboxylic acids is 1. The Kier molecular flexibility index (Phi) is 5.79. The molecule has 2 atom stereocenters. The third kappa shape index (κ3) is 4.89. The van der Waals surface area contributed by atoms with Crippen molar-refractivity contribution in [2.75, 3.05) is 6.54 Å². The van der Waals surface area contributed by atoms with E-state index >= 15 is 0 Å². The van der Waals surface area contributed by atoms with Gasteiger partial charge in [-0.1, -0.05) is 13.8 Å². The number of rotatable bonds is 4. The smallest absolute Gasteiger partial charge is 0.411 e. The van der Waals surface area contributed by atoms with Crippen LogP contribution in [0, 0.1) is 11.8 Å². The Morgan fingerprint density at radius 1 is 1.27 bits per heavy atom. The first-order valence-corrected chi connectivity index (χ1v) is 7.55. The molecule has 0 aromatic carbocycles. The molecular formula is C15H26N2O5. The number of ether oxygens (including phenoxy) is 1. The molecule has 2 N–H and O–H groups in total. The fourth-order valence-corrected chi connectivity index (χ4v) is 2.41. The first kappa shape index (κ1) is 18.3. The summed E-state index contributed by atoms with van der Waals surface area (Å²) in [5.74, 6) is -3.17. The summed E-state index contributed by atoms with van der Waals surface area (Å²) in [6, 6.07) is 0. The first-order chi connectivity index (χ1) is 10.0. The van der Waals surface area contributed by atoms with Crippen molar-refractivity contribution in [1.29, 1.82) is 0 Å². The molecule has 0 saturated carbocycles. The molecule has 1 aliphatic rings. The predicted molar refractivity (Wildman–Crippen MR) is 80.1 cm³/mol. The van der Waals surface area contributed by atoms with Gasteiger partial charge in [0.2, 0.25) is 5.91 Å². The SMILES string of the molecule is CC(C)[C@@H](C(=O)O)C(=O)N[C@@H]1CCCN1C(=O)OC(C)(C)C. The molecule has 0 aromatic rings. The number of carboxylic acids is 1. The van der Waals surface area contributed by atoms with Gasteiger partial charge in [-0.05, 0) is 39.5 Å². The number of carbonyl (C=O) groups is 3. The molecule has 0 unspecified atom stereocenters. The zero-order chi connectivity index (χ0) is 17.1. The number of nitrogens with one attached hydrogen (secondary N) is 1. The molecule has 22 heavy (non-hydrogen) atoms. The van der Waals surface area contributed by atoms with Crippen molar-refractivity contribution in [2.45, 2.75) is 59.2 Å². The normalized spacial score (nSPS) is 19.9. The summed E-state index contributed by atoms with van der Waals surface area (Å²) in [5, 5.41) is 11.8. The predicted octanol–water partition coefficient (Wildman–Crippen LogP) is 1.82. The average Bonchev–Trinajstić information content (AvgIpc) is 2.73. The average molecular weight is 314 g/mol. The summed E-state index contributed by atoms with van der Waals surface area (Å²) >= 11 is 0. The molecule has 0 aromatic heterocycles. The van der Waals surface area contributed by atoms with Crippen molar-refractivity contribution in [3.8, 4) is 0 Å². The molecule has 0 bridgehead atoms. The molecule has 1 heterocycles. The lowest BCUT2D eigenvalue weighted by Gasteiger charge is -2.29.